The summed E-state index contributed by atoms with van der Waals surface area (Å²) in [5.41, 5.74) is 2.55. The van der Waals surface area contributed by atoms with Crippen molar-refractivity contribution in [2.45, 2.75) is 12.0 Å². The van der Waals surface area contributed by atoms with Crippen LogP contribution in [-0.2, 0) is 9.53 Å². The number of para-hydroxylation sites is 2. The van der Waals surface area contributed by atoms with Crippen LogP contribution in [0.5, 0.6) is 11.5 Å². The molecule has 0 N–H and O–H groups in total. The van der Waals surface area contributed by atoms with E-state index in [9.17, 15) is 9.59 Å². The predicted molar refractivity (Wildman–Crippen MR) is 121 cm³/mol. The molecule has 0 radical (unpaired) electrons. The molecule has 4 nitrogen and oxygen atoms in total. The Bertz CT molecular complexity index is 1220. The zero-order valence-corrected chi connectivity index (χ0v) is 17.2. The second-order valence-corrected chi connectivity index (χ2v) is 7.57. The molecular weight excluding hydrogens is 400 g/mol. The number of ether oxygens (including phenoxy) is 2. The first-order chi connectivity index (χ1) is 15.7. The number of hydrogen-bond acceptors (Lipinski definition) is 4. The molecule has 4 aromatic rings. The predicted octanol–water partition coefficient (Wildman–Crippen LogP) is 6.09. The zero-order chi connectivity index (χ0) is 21.9. The summed E-state index contributed by atoms with van der Waals surface area (Å²) in [7, 11) is 0. The molecule has 0 fully saturated rings. The first-order valence-corrected chi connectivity index (χ1v) is 10.4. The molecular formula is C28H20O4. The number of Topliss-reactive ketones (excluding diaryl/α,β-unsaturated/α-hetero) is 1. The minimum atomic E-state index is -1.05. The molecule has 4 aromatic carbocycles. The Morgan fingerprint density at radius 3 is 1.75 bits per heavy atom. The summed E-state index contributed by atoms with van der Waals surface area (Å²) in [6.07, 6.45) is -1.05. The van der Waals surface area contributed by atoms with E-state index < -0.39 is 18.0 Å². The van der Waals surface area contributed by atoms with E-state index in [-0.39, 0.29) is 5.78 Å². The van der Waals surface area contributed by atoms with E-state index in [1.807, 2.05) is 72.8 Å². The Labute approximate surface area is 186 Å². The topological polar surface area (TPSA) is 52.6 Å². The SMILES string of the molecule is O=C(c1ccccc1)C(OC(=O)C1c2ccccc2Oc2ccccc21)c1ccccc1. The second kappa shape index (κ2) is 8.52. The Morgan fingerprint density at radius 2 is 1.16 bits per heavy atom. The lowest BCUT2D eigenvalue weighted by molar-refractivity contribution is -0.148. The van der Waals surface area contributed by atoms with Gasteiger partial charge < -0.3 is 9.47 Å². The van der Waals surface area contributed by atoms with Crippen LogP contribution in [0.4, 0.5) is 0 Å². The van der Waals surface area contributed by atoms with Crippen LogP contribution in [0, 0.1) is 0 Å². The number of ketones is 1. The Balaban J connectivity index is 1.54. The van der Waals surface area contributed by atoms with Crippen molar-refractivity contribution in [2.75, 3.05) is 0 Å². The van der Waals surface area contributed by atoms with Crippen LogP contribution in [-0.4, -0.2) is 11.8 Å². The smallest absolute Gasteiger partial charge is 0.319 e. The normalized spacial score (nSPS) is 13.2. The number of fused-ring (bicyclic) bond motifs is 2. The largest absolute Gasteiger partial charge is 0.457 e. The fraction of sp³-hybridized carbons (Fsp3) is 0.0714. The van der Waals surface area contributed by atoms with Gasteiger partial charge in [0.05, 0.1) is 0 Å². The van der Waals surface area contributed by atoms with E-state index in [4.69, 9.17) is 9.47 Å². The van der Waals surface area contributed by atoms with Crippen molar-refractivity contribution in [3.63, 3.8) is 0 Å². The van der Waals surface area contributed by atoms with Crippen molar-refractivity contribution in [2.24, 2.45) is 0 Å². The number of carbonyl (C=O) groups is 2. The Kier molecular flexibility index (Phi) is 5.26. The van der Waals surface area contributed by atoms with Crippen LogP contribution in [0.2, 0.25) is 0 Å². The summed E-state index contributed by atoms with van der Waals surface area (Å²) in [5, 5.41) is 0. The van der Waals surface area contributed by atoms with Gasteiger partial charge in [0.25, 0.3) is 0 Å². The van der Waals surface area contributed by atoms with Gasteiger partial charge in [-0.1, -0.05) is 97.1 Å². The number of carbonyl (C=O) groups excluding carboxylic acids is 2. The molecule has 0 spiro atoms. The standard InChI is InChI=1S/C28H20O4/c29-26(19-11-3-1-4-12-19)27(20-13-5-2-6-14-20)32-28(30)25-21-15-7-9-17-23(21)31-24-18-10-8-16-22(24)25/h1-18,25,27H. The quantitative estimate of drug-likeness (QED) is 0.290. The van der Waals surface area contributed by atoms with Crippen molar-refractivity contribution in [1.29, 1.82) is 0 Å². The third kappa shape index (κ3) is 3.67. The molecule has 0 saturated heterocycles. The molecule has 0 amide bonds. The second-order valence-electron chi connectivity index (χ2n) is 7.57. The van der Waals surface area contributed by atoms with Gasteiger partial charge in [-0.15, -0.1) is 0 Å². The number of esters is 1. The average molecular weight is 420 g/mol. The maximum absolute atomic E-state index is 13.6. The maximum atomic E-state index is 13.6. The van der Waals surface area contributed by atoms with Crippen molar-refractivity contribution >= 4 is 11.8 Å². The highest BCUT2D eigenvalue weighted by molar-refractivity contribution is 6.01. The summed E-state index contributed by atoms with van der Waals surface area (Å²) < 4.78 is 12.0. The molecule has 1 aliphatic heterocycles. The maximum Gasteiger partial charge on any atom is 0.319 e. The van der Waals surface area contributed by atoms with Gasteiger partial charge >= 0.3 is 5.97 Å². The molecule has 0 bridgehead atoms. The van der Waals surface area contributed by atoms with Crippen LogP contribution in [0.15, 0.2) is 109 Å². The van der Waals surface area contributed by atoms with Crippen LogP contribution < -0.4 is 4.74 Å². The van der Waals surface area contributed by atoms with Crippen LogP contribution >= 0.6 is 0 Å². The lowest BCUT2D eigenvalue weighted by Crippen LogP contribution is -2.26. The van der Waals surface area contributed by atoms with E-state index in [0.29, 0.717) is 22.6 Å². The minimum Gasteiger partial charge on any atom is -0.457 e. The summed E-state index contributed by atoms with van der Waals surface area (Å²) in [6, 6.07) is 32.8. The van der Waals surface area contributed by atoms with Gasteiger partial charge in [0.2, 0.25) is 5.78 Å². The van der Waals surface area contributed by atoms with Gasteiger partial charge in [-0.2, -0.15) is 0 Å². The molecule has 0 aromatic heterocycles. The van der Waals surface area contributed by atoms with Gasteiger partial charge in [-0.05, 0) is 12.1 Å². The van der Waals surface area contributed by atoms with E-state index >= 15 is 0 Å². The molecule has 1 aliphatic rings. The van der Waals surface area contributed by atoms with Gasteiger partial charge in [0.1, 0.15) is 17.4 Å². The van der Waals surface area contributed by atoms with Crippen molar-refractivity contribution in [3.8, 4) is 11.5 Å². The van der Waals surface area contributed by atoms with Gasteiger partial charge in [0.15, 0.2) is 6.10 Å². The van der Waals surface area contributed by atoms with Crippen LogP contribution in [0.3, 0.4) is 0 Å². The van der Waals surface area contributed by atoms with E-state index in [2.05, 4.69) is 0 Å². The first-order valence-electron chi connectivity index (χ1n) is 10.4. The highest BCUT2D eigenvalue weighted by Crippen LogP contribution is 2.45. The summed E-state index contributed by atoms with van der Waals surface area (Å²) in [4.78, 5) is 27.0. The molecule has 1 heterocycles. The van der Waals surface area contributed by atoms with Crippen molar-refractivity contribution < 1.29 is 19.1 Å². The summed E-state index contributed by atoms with van der Waals surface area (Å²) in [6.45, 7) is 0. The number of benzene rings is 4. The third-order valence-electron chi connectivity index (χ3n) is 5.55. The monoisotopic (exact) mass is 420 g/mol. The fourth-order valence-corrected chi connectivity index (χ4v) is 4.00. The molecule has 1 unspecified atom stereocenters. The molecule has 0 saturated carbocycles. The van der Waals surface area contributed by atoms with Gasteiger partial charge in [-0.3, -0.25) is 9.59 Å². The molecule has 5 rings (SSSR count). The Hall–Kier alpha value is -4.18. The summed E-state index contributed by atoms with van der Waals surface area (Å²) in [5.74, 6) is -0.228. The number of rotatable bonds is 5. The number of hydrogen-bond donors (Lipinski definition) is 0. The molecule has 1 atom stereocenters. The van der Waals surface area contributed by atoms with Crippen LogP contribution in [0.25, 0.3) is 0 Å². The van der Waals surface area contributed by atoms with E-state index in [1.54, 1.807) is 36.4 Å². The highest BCUT2D eigenvalue weighted by atomic mass is 16.5. The molecule has 32 heavy (non-hydrogen) atoms. The summed E-state index contributed by atoms with van der Waals surface area (Å²) >= 11 is 0. The average Bonchev–Trinajstić information content (AvgIpc) is 2.86. The van der Waals surface area contributed by atoms with Crippen molar-refractivity contribution in [1.82, 2.24) is 0 Å². The van der Waals surface area contributed by atoms with E-state index in [1.165, 1.54) is 0 Å². The molecule has 4 heteroatoms. The highest BCUT2D eigenvalue weighted by Gasteiger charge is 2.36. The van der Waals surface area contributed by atoms with Crippen molar-refractivity contribution in [3.05, 3.63) is 131 Å². The van der Waals surface area contributed by atoms with Crippen LogP contribution in [0.1, 0.15) is 39.1 Å². The molecule has 156 valence electrons. The molecule has 0 aliphatic carbocycles. The van der Waals surface area contributed by atoms with Gasteiger partial charge in [-0.25, -0.2) is 0 Å². The lowest BCUT2D eigenvalue weighted by Gasteiger charge is -2.28. The van der Waals surface area contributed by atoms with Gasteiger partial charge in [0, 0.05) is 22.3 Å². The minimum absolute atomic E-state index is 0.265. The third-order valence-corrected chi connectivity index (χ3v) is 5.55. The lowest BCUT2D eigenvalue weighted by atomic mass is 9.88. The Morgan fingerprint density at radius 1 is 0.656 bits per heavy atom. The first kappa shape index (κ1) is 19.8. The fourth-order valence-electron chi connectivity index (χ4n) is 4.00. The van der Waals surface area contributed by atoms with E-state index in [0.717, 1.165) is 11.1 Å². The zero-order valence-electron chi connectivity index (χ0n) is 17.2.